The van der Waals surface area contributed by atoms with Crippen LogP contribution in [0.4, 0.5) is 21.7 Å². The van der Waals surface area contributed by atoms with Gasteiger partial charge in [0.15, 0.2) is 11.6 Å². The lowest BCUT2D eigenvalue weighted by Crippen LogP contribution is -2.40. The lowest BCUT2D eigenvalue weighted by atomic mass is 10.2. The van der Waals surface area contributed by atoms with Crippen LogP contribution in [0.15, 0.2) is 48.9 Å². The molecule has 4 aromatic rings. The first-order valence-corrected chi connectivity index (χ1v) is 10.5. The number of anilines is 3. The Balaban J connectivity index is 1.49. The number of methoxy groups -OCH3 is 1. The summed E-state index contributed by atoms with van der Waals surface area (Å²) in [5.74, 6) is -0.0761. The highest BCUT2D eigenvalue weighted by atomic mass is 35.5. The van der Waals surface area contributed by atoms with E-state index in [9.17, 15) is 0 Å². The van der Waals surface area contributed by atoms with Gasteiger partial charge in [0.25, 0.3) is 0 Å². The monoisotopic (exact) mass is 452 g/mol. The van der Waals surface area contributed by atoms with Gasteiger partial charge in [-0.15, -0.1) is 0 Å². The molecular formula is C22H20ClFN7O. The number of imidazole rings is 1. The summed E-state index contributed by atoms with van der Waals surface area (Å²) < 4.78 is 22.5. The third kappa shape index (κ3) is 3.69. The van der Waals surface area contributed by atoms with E-state index in [1.165, 1.54) is 13.3 Å². The molecule has 1 radical (unpaired) electrons. The Labute approximate surface area is 189 Å². The number of fused-ring (bicyclic) bond motifs is 1. The predicted molar refractivity (Wildman–Crippen MR) is 122 cm³/mol. The van der Waals surface area contributed by atoms with Crippen molar-refractivity contribution in [2.24, 2.45) is 0 Å². The number of pyridine rings is 1. The van der Waals surface area contributed by atoms with Gasteiger partial charge in [-0.1, -0.05) is 17.7 Å². The second-order valence-electron chi connectivity index (χ2n) is 7.22. The summed E-state index contributed by atoms with van der Waals surface area (Å²) in [6.45, 7) is 2.73. The zero-order chi connectivity index (χ0) is 22.1. The van der Waals surface area contributed by atoms with Crippen LogP contribution < -0.4 is 20.3 Å². The maximum atomic E-state index is 15.3. The Morgan fingerprint density at radius 1 is 1.09 bits per heavy atom. The molecule has 1 aliphatic rings. The van der Waals surface area contributed by atoms with Crippen LogP contribution in [0.2, 0.25) is 5.02 Å². The first-order chi connectivity index (χ1) is 15.7. The van der Waals surface area contributed by atoms with Gasteiger partial charge < -0.3 is 15.0 Å². The molecule has 1 N–H and O–H groups in total. The van der Waals surface area contributed by atoms with Gasteiger partial charge in [0, 0.05) is 32.4 Å². The lowest BCUT2D eigenvalue weighted by Gasteiger charge is -2.29. The summed E-state index contributed by atoms with van der Waals surface area (Å²) >= 11 is 6.39. The average Bonchev–Trinajstić information content (AvgIpc) is 3.25. The molecule has 32 heavy (non-hydrogen) atoms. The van der Waals surface area contributed by atoms with Gasteiger partial charge in [0.1, 0.15) is 11.3 Å². The molecule has 0 spiro atoms. The normalized spacial score (nSPS) is 14.0. The number of benzene rings is 1. The van der Waals surface area contributed by atoms with Gasteiger partial charge in [-0.05, 0) is 24.3 Å². The number of hydrogen-bond donors (Lipinski definition) is 1. The summed E-state index contributed by atoms with van der Waals surface area (Å²) in [4.78, 5) is 15.2. The molecule has 0 atom stereocenters. The Hall–Kier alpha value is -3.43. The number of aromatic nitrogens is 4. The van der Waals surface area contributed by atoms with E-state index >= 15 is 4.39 Å². The quantitative estimate of drug-likeness (QED) is 0.496. The largest absolute Gasteiger partial charge is 0.492 e. The van der Waals surface area contributed by atoms with Crippen molar-refractivity contribution < 1.29 is 9.13 Å². The SMILES string of the molecule is COc1c(Nc2ncc(Cl)c(-c3cnc4ccccn34)n2)ccc(N2CC[N]CC2)c1F. The minimum atomic E-state index is -0.435. The van der Waals surface area contributed by atoms with Gasteiger partial charge in [-0.25, -0.2) is 24.7 Å². The predicted octanol–water partition coefficient (Wildman–Crippen LogP) is 3.76. The molecule has 0 aliphatic carbocycles. The highest BCUT2D eigenvalue weighted by molar-refractivity contribution is 6.32. The molecule has 1 aliphatic heterocycles. The van der Waals surface area contributed by atoms with E-state index in [-0.39, 0.29) is 11.7 Å². The number of halogens is 2. The first-order valence-electron chi connectivity index (χ1n) is 10.1. The molecule has 163 valence electrons. The number of ether oxygens (including phenoxy) is 1. The van der Waals surface area contributed by atoms with Gasteiger partial charge in [0.2, 0.25) is 5.95 Å². The fourth-order valence-electron chi connectivity index (χ4n) is 3.77. The van der Waals surface area contributed by atoms with Crippen molar-refractivity contribution in [2.75, 3.05) is 43.5 Å². The molecule has 4 heterocycles. The maximum absolute atomic E-state index is 15.3. The van der Waals surface area contributed by atoms with E-state index in [4.69, 9.17) is 16.3 Å². The van der Waals surface area contributed by atoms with Crippen molar-refractivity contribution >= 4 is 34.6 Å². The smallest absolute Gasteiger partial charge is 0.227 e. The Morgan fingerprint density at radius 2 is 1.94 bits per heavy atom. The van der Waals surface area contributed by atoms with Crippen molar-refractivity contribution in [1.82, 2.24) is 24.7 Å². The van der Waals surface area contributed by atoms with Crippen molar-refractivity contribution in [3.63, 3.8) is 0 Å². The molecule has 0 saturated carbocycles. The van der Waals surface area contributed by atoms with E-state index in [2.05, 4.69) is 25.6 Å². The third-order valence-electron chi connectivity index (χ3n) is 5.33. The van der Waals surface area contributed by atoms with E-state index in [0.717, 1.165) is 11.3 Å². The molecule has 5 rings (SSSR count). The topological polar surface area (TPSA) is 81.7 Å². The van der Waals surface area contributed by atoms with Crippen LogP contribution in [0.1, 0.15) is 0 Å². The van der Waals surface area contributed by atoms with Crippen LogP contribution >= 0.6 is 11.6 Å². The average molecular weight is 453 g/mol. The zero-order valence-electron chi connectivity index (χ0n) is 17.3. The van der Waals surface area contributed by atoms with Crippen molar-refractivity contribution in [2.45, 2.75) is 0 Å². The van der Waals surface area contributed by atoms with Crippen molar-refractivity contribution in [3.8, 4) is 17.1 Å². The molecule has 0 bridgehead atoms. The lowest BCUT2D eigenvalue weighted by molar-refractivity contribution is 0.388. The summed E-state index contributed by atoms with van der Waals surface area (Å²) in [7, 11) is 1.44. The van der Waals surface area contributed by atoms with Crippen LogP contribution in [0.5, 0.6) is 5.75 Å². The number of piperazine rings is 1. The molecule has 1 fully saturated rings. The third-order valence-corrected chi connectivity index (χ3v) is 5.60. The van der Waals surface area contributed by atoms with Gasteiger partial charge >= 0.3 is 0 Å². The number of hydrogen-bond acceptors (Lipinski definition) is 6. The molecule has 3 aromatic heterocycles. The molecule has 8 nitrogen and oxygen atoms in total. The zero-order valence-corrected chi connectivity index (χ0v) is 18.1. The second-order valence-corrected chi connectivity index (χ2v) is 7.63. The fraction of sp³-hybridized carbons (Fsp3) is 0.227. The number of nitrogens with zero attached hydrogens (tertiary/aromatic N) is 6. The molecule has 1 aromatic carbocycles. The van der Waals surface area contributed by atoms with Crippen molar-refractivity contribution in [1.29, 1.82) is 0 Å². The molecule has 0 amide bonds. The summed E-state index contributed by atoms with van der Waals surface area (Å²) in [5, 5.41) is 7.75. The van der Waals surface area contributed by atoms with E-state index in [1.807, 2.05) is 33.7 Å². The van der Waals surface area contributed by atoms with Crippen LogP contribution in [-0.2, 0) is 0 Å². The van der Waals surface area contributed by atoms with Crippen LogP contribution in [-0.4, -0.2) is 52.6 Å². The van der Waals surface area contributed by atoms with E-state index in [1.54, 1.807) is 18.3 Å². The fourth-order valence-corrected chi connectivity index (χ4v) is 3.96. The minimum absolute atomic E-state index is 0.0971. The van der Waals surface area contributed by atoms with Gasteiger partial charge in [-0.2, -0.15) is 0 Å². The van der Waals surface area contributed by atoms with Gasteiger partial charge in [-0.3, -0.25) is 4.40 Å². The van der Waals surface area contributed by atoms with Crippen LogP contribution in [0, 0.1) is 5.82 Å². The maximum Gasteiger partial charge on any atom is 0.227 e. The molecule has 0 unspecified atom stereocenters. The second kappa shape index (κ2) is 8.60. The Bertz CT molecular complexity index is 1270. The molecular weight excluding hydrogens is 433 g/mol. The van der Waals surface area contributed by atoms with E-state index in [0.29, 0.717) is 48.3 Å². The summed E-state index contributed by atoms with van der Waals surface area (Å²) in [6, 6.07) is 9.19. The van der Waals surface area contributed by atoms with E-state index < -0.39 is 5.82 Å². The van der Waals surface area contributed by atoms with Gasteiger partial charge in [0.05, 0.1) is 41.6 Å². The Morgan fingerprint density at radius 3 is 2.75 bits per heavy atom. The summed E-state index contributed by atoms with van der Waals surface area (Å²) in [6.07, 6.45) is 5.09. The number of nitrogens with one attached hydrogen (secondary N) is 1. The van der Waals surface area contributed by atoms with Crippen LogP contribution in [0.25, 0.3) is 17.0 Å². The Kier molecular flexibility index (Phi) is 5.50. The standard InChI is InChI=1S/C22H20ClFN7O/c1-32-21-15(5-6-16(19(21)24)30-10-7-25-8-11-30)28-22-27-12-14(23)20(29-22)17-13-26-18-4-2-3-9-31(17)18/h2-6,9,12-13H,7-8,10-11H2,1H3,(H,27,28,29). The van der Waals surface area contributed by atoms with Crippen molar-refractivity contribution in [3.05, 3.63) is 59.8 Å². The summed E-state index contributed by atoms with van der Waals surface area (Å²) in [5.41, 5.74) is 2.92. The number of rotatable bonds is 5. The molecule has 10 heteroatoms. The first kappa shape index (κ1) is 20.5. The van der Waals surface area contributed by atoms with Crippen LogP contribution in [0.3, 0.4) is 0 Å². The minimum Gasteiger partial charge on any atom is -0.492 e. The molecule has 1 saturated heterocycles. The highest BCUT2D eigenvalue weighted by Crippen LogP contribution is 2.36. The highest BCUT2D eigenvalue weighted by Gasteiger charge is 2.21.